The van der Waals surface area contributed by atoms with Crippen LogP contribution in [0.25, 0.3) is 16.2 Å². The summed E-state index contributed by atoms with van der Waals surface area (Å²) in [5, 5.41) is 6.98. The van der Waals surface area contributed by atoms with Crippen LogP contribution in [0.5, 0.6) is 0 Å². The lowest BCUT2D eigenvalue weighted by atomic mass is 10.2. The van der Waals surface area contributed by atoms with E-state index in [4.69, 9.17) is 10.1 Å². The van der Waals surface area contributed by atoms with E-state index in [0.717, 1.165) is 56.8 Å². The summed E-state index contributed by atoms with van der Waals surface area (Å²) in [6.07, 6.45) is 3.27. The summed E-state index contributed by atoms with van der Waals surface area (Å²) < 4.78 is 2.03. The summed E-state index contributed by atoms with van der Waals surface area (Å²) in [5.74, 6) is 1.35. The maximum absolute atomic E-state index is 11.7. The van der Waals surface area contributed by atoms with Gasteiger partial charge in [-0.05, 0) is 30.7 Å². The van der Waals surface area contributed by atoms with Crippen LogP contribution in [0.15, 0.2) is 23.6 Å². The Hall–Kier alpha value is -2.41. The van der Waals surface area contributed by atoms with E-state index in [1.54, 1.807) is 18.3 Å². The zero-order chi connectivity index (χ0) is 17.7. The van der Waals surface area contributed by atoms with Crippen molar-refractivity contribution in [2.24, 2.45) is 0 Å². The molecule has 0 saturated carbocycles. The highest BCUT2D eigenvalue weighted by atomic mass is 32.1. The molecule has 1 aliphatic carbocycles. The molecule has 0 aromatic carbocycles. The molecule has 134 valence electrons. The van der Waals surface area contributed by atoms with Gasteiger partial charge in [-0.1, -0.05) is 6.07 Å². The summed E-state index contributed by atoms with van der Waals surface area (Å²) in [4.78, 5) is 22.0. The van der Waals surface area contributed by atoms with Crippen molar-refractivity contribution < 1.29 is 4.79 Å². The SMILES string of the molecule is CC(=O)N1CCN(c2c3c(nc4cc(-c5cccs5)nn24)CCC3)CC1. The fourth-order valence-electron chi connectivity index (χ4n) is 4.07. The molecule has 5 rings (SSSR count). The second kappa shape index (κ2) is 6.09. The zero-order valence-electron chi connectivity index (χ0n) is 14.8. The monoisotopic (exact) mass is 367 g/mol. The highest BCUT2D eigenvalue weighted by Crippen LogP contribution is 2.33. The third kappa shape index (κ3) is 2.49. The molecule has 0 bridgehead atoms. The molecule has 1 fully saturated rings. The Morgan fingerprint density at radius 1 is 1.19 bits per heavy atom. The molecule has 1 aliphatic heterocycles. The number of rotatable bonds is 2. The van der Waals surface area contributed by atoms with Crippen LogP contribution < -0.4 is 4.90 Å². The molecular weight excluding hydrogens is 346 g/mol. The number of piperazine rings is 1. The Balaban J connectivity index is 1.60. The zero-order valence-corrected chi connectivity index (χ0v) is 15.6. The predicted molar refractivity (Wildman–Crippen MR) is 103 cm³/mol. The smallest absolute Gasteiger partial charge is 0.219 e. The third-order valence-electron chi connectivity index (χ3n) is 5.40. The van der Waals surface area contributed by atoms with Crippen LogP contribution in [0.4, 0.5) is 5.82 Å². The van der Waals surface area contributed by atoms with Gasteiger partial charge in [-0.2, -0.15) is 9.61 Å². The molecule has 0 radical (unpaired) electrons. The molecule has 4 heterocycles. The van der Waals surface area contributed by atoms with E-state index in [1.807, 2.05) is 9.42 Å². The normalized spacial score (nSPS) is 17.1. The minimum Gasteiger partial charge on any atom is -0.353 e. The summed E-state index contributed by atoms with van der Waals surface area (Å²) in [6, 6.07) is 6.25. The molecule has 3 aromatic heterocycles. The molecule has 0 unspecified atom stereocenters. The highest BCUT2D eigenvalue weighted by Gasteiger charge is 2.28. The van der Waals surface area contributed by atoms with E-state index in [-0.39, 0.29) is 5.91 Å². The molecule has 1 saturated heterocycles. The molecule has 26 heavy (non-hydrogen) atoms. The van der Waals surface area contributed by atoms with E-state index in [9.17, 15) is 4.79 Å². The van der Waals surface area contributed by atoms with Crippen LogP contribution in [0, 0.1) is 0 Å². The van der Waals surface area contributed by atoms with Gasteiger partial charge in [-0.3, -0.25) is 4.79 Å². The van der Waals surface area contributed by atoms with Gasteiger partial charge in [0.15, 0.2) is 5.65 Å². The van der Waals surface area contributed by atoms with Crippen LogP contribution in [-0.4, -0.2) is 51.6 Å². The first-order chi connectivity index (χ1) is 12.7. The first-order valence-corrected chi connectivity index (χ1v) is 10.0. The number of hydrogen-bond donors (Lipinski definition) is 0. The van der Waals surface area contributed by atoms with Crippen LogP contribution in [0.3, 0.4) is 0 Å². The van der Waals surface area contributed by atoms with Crippen molar-refractivity contribution >= 4 is 28.7 Å². The van der Waals surface area contributed by atoms with Crippen LogP contribution >= 0.6 is 11.3 Å². The van der Waals surface area contributed by atoms with Crippen molar-refractivity contribution in [2.45, 2.75) is 26.2 Å². The van der Waals surface area contributed by atoms with Crippen molar-refractivity contribution in [1.29, 1.82) is 0 Å². The van der Waals surface area contributed by atoms with Gasteiger partial charge in [-0.25, -0.2) is 4.98 Å². The van der Waals surface area contributed by atoms with Crippen LogP contribution in [0.1, 0.15) is 24.6 Å². The first kappa shape index (κ1) is 15.8. The largest absolute Gasteiger partial charge is 0.353 e. The molecular formula is C19H21N5OS. The fourth-order valence-corrected chi connectivity index (χ4v) is 4.75. The maximum Gasteiger partial charge on any atom is 0.219 e. The number of aromatic nitrogens is 3. The number of carbonyl (C=O) groups is 1. The summed E-state index contributed by atoms with van der Waals surface area (Å²) in [5.41, 5.74) is 4.48. The van der Waals surface area contributed by atoms with Crippen molar-refractivity contribution in [3.63, 3.8) is 0 Å². The molecule has 2 aliphatic rings. The minimum absolute atomic E-state index is 0.161. The lowest BCUT2D eigenvalue weighted by Gasteiger charge is -2.36. The number of thiophene rings is 1. The molecule has 0 atom stereocenters. The van der Waals surface area contributed by atoms with Gasteiger partial charge in [0.25, 0.3) is 0 Å². The average molecular weight is 367 g/mol. The van der Waals surface area contributed by atoms with Crippen molar-refractivity contribution in [1.82, 2.24) is 19.5 Å². The lowest BCUT2D eigenvalue weighted by molar-refractivity contribution is -0.129. The fraction of sp³-hybridized carbons (Fsp3) is 0.421. The van der Waals surface area contributed by atoms with Crippen LogP contribution in [-0.2, 0) is 17.6 Å². The van der Waals surface area contributed by atoms with Gasteiger partial charge < -0.3 is 9.80 Å². The van der Waals surface area contributed by atoms with Gasteiger partial charge in [0.1, 0.15) is 11.5 Å². The van der Waals surface area contributed by atoms with Crippen LogP contribution in [0.2, 0.25) is 0 Å². The standard InChI is InChI=1S/C19H21N5OS/c1-13(25)22-7-9-23(10-8-22)19-14-4-2-5-15(14)20-18-12-16(21-24(18)19)17-6-3-11-26-17/h3,6,11-12H,2,4-5,7-10H2,1H3. The summed E-state index contributed by atoms with van der Waals surface area (Å²) >= 11 is 1.70. The second-order valence-electron chi connectivity index (χ2n) is 6.98. The molecule has 7 heteroatoms. The number of hydrogen-bond acceptors (Lipinski definition) is 5. The Morgan fingerprint density at radius 2 is 2.04 bits per heavy atom. The number of nitrogens with zero attached hydrogens (tertiary/aromatic N) is 5. The topological polar surface area (TPSA) is 53.7 Å². The van der Waals surface area contributed by atoms with E-state index < -0.39 is 0 Å². The molecule has 3 aromatic rings. The van der Waals surface area contributed by atoms with E-state index >= 15 is 0 Å². The number of carbonyl (C=O) groups excluding carboxylic acids is 1. The Morgan fingerprint density at radius 3 is 2.77 bits per heavy atom. The Labute approximate surface area is 156 Å². The number of fused-ring (bicyclic) bond motifs is 2. The lowest BCUT2D eigenvalue weighted by Crippen LogP contribution is -2.49. The van der Waals surface area contributed by atoms with Gasteiger partial charge in [0.2, 0.25) is 5.91 Å². The Kier molecular flexibility index (Phi) is 3.70. The molecule has 0 N–H and O–H groups in total. The van der Waals surface area contributed by atoms with Crippen molar-refractivity contribution in [3.05, 3.63) is 34.8 Å². The van der Waals surface area contributed by atoms with E-state index in [0.29, 0.717) is 0 Å². The number of anilines is 1. The summed E-state index contributed by atoms with van der Waals surface area (Å²) in [6.45, 7) is 4.89. The molecule has 0 spiro atoms. The summed E-state index contributed by atoms with van der Waals surface area (Å²) in [7, 11) is 0. The van der Waals surface area contributed by atoms with E-state index in [2.05, 4.69) is 28.5 Å². The van der Waals surface area contributed by atoms with E-state index in [1.165, 1.54) is 22.0 Å². The number of amides is 1. The maximum atomic E-state index is 11.7. The number of aryl methyl sites for hydroxylation is 1. The van der Waals surface area contributed by atoms with Gasteiger partial charge >= 0.3 is 0 Å². The van der Waals surface area contributed by atoms with Gasteiger partial charge in [-0.15, -0.1) is 11.3 Å². The first-order valence-electron chi connectivity index (χ1n) is 9.16. The highest BCUT2D eigenvalue weighted by molar-refractivity contribution is 7.13. The minimum atomic E-state index is 0.161. The van der Waals surface area contributed by atoms with Gasteiger partial charge in [0, 0.05) is 50.4 Å². The van der Waals surface area contributed by atoms with Gasteiger partial charge in [0.05, 0.1) is 4.88 Å². The average Bonchev–Trinajstić information content (AvgIpc) is 3.38. The molecule has 6 nitrogen and oxygen atoms in total. The van der Waals surface area contributed by atoms with Crippen molar-refractivity contribution in [2.75, 3.05) is 31.1 Å². The Bertz CT molecular complexity index is 970. The third-order valence-corrected chi connectivity index (χ3v) is 6.29. The quantitative estimate of drug-likeness (QED) is 0.699. The molecule has 1 amide bonds. The predicted octanol–water partition coefficient (Wildman–Crippen LogP) is 2.62. The second-order valence-corrected chi connectivity index (χ2v) is 7.93. The van der Waals surface area contributed by atoms with Crippen molar-refractivity contribution in [3.8, 4) is 10.6 Å².